The third-order valence-electron chi connectivity index (χ3n) is 9.04. The van der Waals surface area contributed by atoms with E-state index in [1.165, 1.54) is 60.7 Å². The zero-order valence-electron chi connectivity index (χ0n) is 31.1. The molecule has 58 heavy (non-hydrogen) atoms. The first-order chi connectivity index (χ1) is 28.0. The Morgan fingerprint density at radius 2 is 1.45 bits per heavy atom. The molecule has 1 heterocycles. The average molecular weight is 770 g/mol. The summed E-state index contributed by atoms with van der Waals surface area (Å²) < 4.78 is 5.18. The Hall–Kier alpha value is -8.56. The Morgan fingerprint density at radius 3 is 1.95 bits per heavy atom. The molecule has 0 unspecified atom stereocenters. The predicted octanol–water partition coefficient (Wildman–Crippen LogP) is 7.50. The van der Waals surface area contributed by atoms with Crippen molar-refractivity contribution in [2.45, 2.75) is 19.8 Å². The number of rotatable bonds is 12. The largest absolute Gasteiger partial charge is 0.478 e. The number of benzene rings is 2. The summed E-state index contributed by atoms with van der Waals surface area (Å²) in [5.74, 6) is -2.31. The number of carbonyl (C=O) groups is 3. The van der Waals surface area contributed by atoms with E-state index in [4.69, 9.17) is 17.9 Å². The summed E-state index contributed by atoms with van der Waals surface area (Å²) in [6.45, 7) is 18.8. The number of ether oxygens (including phenoxy) is 1. The molecule has 0 aromatic heterocycles. The number of carboxylic acids is 2. The van der Waals surface area contributed by atoms with E-state index in [9.17, 15) is 45.6 Å². The Bertz CT molecular complexity index is 2420. The lowest BCUT2D eigenvalue weighted by molar-refractivity contribution is 0.0686. The number of carbonyl (C=O) groups excluding carboxylic acids is 1. The molecule has 14 nitrogen and oxygen atoms in total. The first kappa shape index (κ1) is 42.2. The Kier molecular flexibility index (Phi) is 14.7. The van der Waals surface area contributed by atoms with Gasteiger partial charge in [-0.3, -0.25) is 0 Å². The molecule has 1 aliphatic heterocycles. The van der Waals surface area contributed by atoms with Crippen LogP contribution in [0.1, 0.15) is 51.6 Å². The Morgan fingerprint density at radius 1 is 0.845 bits per heavy atom. The zero-order valence-corrected chi connectivity index (χ0v) is 31.1. The van der Waals surface area contributed by atoms with E-state index in [-0.39, 0.29) is 51.8 Å². The van der Waals surface area contributed by atoms with Gasteiger partial charge in [0, 0.05) is 37.4 Å². The number of aromatic carboxylic acids is 2. The van der Waals surface area contributed by atoms with Gasteiger partial charge >= 0.3 is 18.0 Å². The van der Waals surface area contributed by atoms with Crippen LogP contribution in [0.4, 0.5) is 4.79 Å². The molecule has 0 bridgehead atoms. The van der Waals surface area contributed by atoms with Gasteiger partial charge in [-0.25, -0.2) is 39.9 Å². The van der Waals surface area contributed by atoms with E-state index in [0.717, 1.165) is 16.8 Å². The van der Waals surface area contributed by atoms with Gasteiger partial charge in [-0.1, -0.05) is 54.1 Å². The monoisotopic (exact) mass is 769 g/mol. The van der Waals surface area contributed by atoms with Crippen LogP contribution in [0.2, 0.25) is 0 Å². The number of nitriles is 4. The summed E-state index contributed by atoms with van der Waals surface area (Å²) in [4.78, 5) is 45.6. The number of carboxylic acid groups (broad SMARTS) is 2. The summed E-state index contributed by atoms with van der Waals surface area (Å²) in [5.41, 5.74) is 3.01. The molecule has 286 valence electrons. The molecule has 2 aromatic rings. The number of piperazine rings is 1. The van der Waals surface area contributed by atoms with Crippen LogP contribution in [0.15, 0.2) is 119 Å². The van der Waals surface area contributed by atoms with Crippen LogP contribution >= 0.6 is 0 Å². The van der Waals surface area contributed by atoms with Crippen molar-refractivity contribution in [2.24, 2.45) is 0 Å². The minimum absolute atomic E-state index is 0.00416. The Labute approximate surface area is 335 Å². The van der Waals surface area contributed by atoms with Crippen molar-refractivity contribution < 1.29 is 29.3 Å². The lowest BCUT2D eigenvalue weighted by Crippen LogP contribution is -2.48. The van der Waals surface area contributed by atoms with Crippen molar-refractivity contribution in [3.05, 3.63) is 170 Å². The highest BCUT2D eigenvalue weighted by atomic mass is 16.6. The third-order valence-corrected chi connectivity index (χ3v) is 9.04. The molecular weight excluding hydrogens is 737 g/mol. The highest BCUT2D eigenvalue weighted by molar-refractivity contribution is 5.92. The first-order valence-corrected chi connectivity index (χ1v) is 17.6. The molecule has 1 amide bonds. The van der Waals surface area contributed by atoms with Crippen LogP contribution in [0.5, 0.6) is 0 Å². The zero-order chi connectivity index (χ0) is 42.2. The Balaban J connectivity index is 1.79. The van der Waals surface area contributed by atoms with Crippen LogP contribution < -0.4 is 0 Å². The minimum Gasteiger partial charge on any atom is -0.478 e. The van der Waals surface area contributed by atoms with Gasteiger partial charge in [0.2, 0.25) is 6.04 Å². The van der Waals surface area contributed by atoms with Crippen molar-refractivity contribution >= 4 is 29.2 Å². The molecule has 2 aliphatic rings. The van der Waals surface area contributed by atoms with Gasteiger partial charge in [-0.05, 0) is 60.8 Å². The highest BCUT2D eigenvalue weighted by Crippen LogP contribution is 2.36. The second kappa shape index (κ2) is 20.2. The van der Waals surface area contributed by atoms with E-state index in [1.54, 1.807) is 24.0 Å². The summed E-state index contributed by atoms with van der Waals surface area (Å²) in [5, 5.41) is 58.4. The lowest BCUT2D eigenvalue weighted by atomic mass is 9.93. The van der Waals surface area contributed by atoms with Crippen molar-refractivity contribution in [3.63, 3.8) is 0 Å². The molecule has 1 aliphatic carbocycles. The summed E-state index contributed by atoms with van der Waals surface area (Å²) in [6, 6.07) is 18.4. The van der Waals surface area contributed by atoms with E-state index >= 15 is 0 Å². The van der Waals surface area contributed by atoms with Gasteiger partial charge in [0.15, 0.2) is 0 Å². The maximum absolute atomic E-state index is 12.5. The second-order valence-electron chi connectivity index (χ2n) is 12.3. The fourth-order valence-electron chi connectivity index (χ4n) is 6.32. The van der Waals surface area contributed by atoms with E-state index in [2.05, 4.69) is 26.7 Å². The molecule has 2 N–H and O–H groups in total. The van der Waals surface area contributed by atoms with Gasteiger partial charge in [0.1, 0.15) is 0 Å². The number of amides is 1. The summed E-state index contributed by atoms with van der Waals surface area (Å²) >= 11 is 0. The van der Waals surface area contributed by atoms with Gasteiger partial charge in [-0.15, -0.1) is 23.8 Å². The van der Waals surface area contributed by atoms with Gasteiger partial charge in [0.25, 0.3) is 5.70 Å². The maximum atomic E-state index is 12.5. The molecule has 0 spiro atoms. The third kappa shape index (κ3) is 9.94. The molecule has 0 saturated carbocycles. The van der Waals surface area contributed by atoms with Crippen molar-refractivity contribution in [3.8, 4) is 24.3 Å². The smallest absolute Gasteiger partial charge is 0.409 e. The fourth-order valence-corrected chi connectivity index (χ4v) is 6.32. The maximum Gasteiger partial charge on any atom is 0.409 e. The molecule has 14 heteroatoms. The molecule has 0 atom stereocenters. The number of nitrogens with zero attached hydrogens (tertiary/aromatic N) is 8. The molecule has 2 aromatic carbocycles. The molecule has 4 rings (SSSR count). The van der Waals surface area contributed by atoms with Crippen LogP contribution in [0, 0.1) is 64.5 Å². The first-order valence-electron chi connectivity index (χ1n) is 17.6. The normalized spacial score (nSPS) is 15.6. The topological polar surface area (TPSA) is 211 Å². The van der Waals surface area contributed by atoms with Crippen LogP contribution in [0.3, 0.4) is 0 Å². The SMILES string of the molecule is [C-]#[N+]C(C#N)=C(C(C#N)=CC=CC1=C(N2CCN(C(=O)OCC)CC2)C(=CC=CC(C#N)=C(c2ccc(C(=O)O)cc2)[C-](C#N)[N+]#[C-])CC1)c1ccc(C(=O)O)cc1. The van der Waals surface area contributed by atoms with Crippen LogP contribution in [-0.2, 0) is 4.74 Å². The fraction of sp³-hybridized carbons (Fsp3) is 0.182. The van der Waals surface area contributed by atoms with Crippen molar-refractivity contribution in [1.29, 1.82) is 21.0 Å². The van der Waals surface area contributed by atoms with E-state index in [0.29, 0.717) is 50.1 Å². The van der Waals surface area contributed by atoms with Crippen LogP contribution in [-0.4, -0.2) is 70.8 Å². The molecule has 1 fully saturated rings. The summed E-state index contributed by atoms with van der Waals surface area (Å²) in [6.07, 6.45) is 10.6. The quantitative estimate of drug-likeness (QED) is 0.123. The number of allylic oxidation sites excluding steroid dienone is 12. The average Bonchev–Trinajstić information content (AvgIpc) is 3.65. The van der Waals surface area contributed by atoms with Crippen LogP contribution in [0.25, 0.3) is 20.8 Å². The predicted molar refractivity (Wildman–Crippen MR) is 210 cm³/mol. The van der Waals surface area contributed by atoms with Gasteiger partial charge in [0.05, 0.1) is 54.7 Å². The lowest BCUT2D eigenvalue weighted by Gasteiger charge is -2.37. The second-order valence-corrected chi connectivity index (χ2v) is 12.3. The summed E-state index contributed by atoms with van der Waals surface area (Å²) in [7, 11) is 0. The minimum atomic E-state index is -1.16. The van der Waals surface area contributed by atoms with E-state index < -0.39 is 18.0 Å². The van der Waals surface area contributed by atoms with Crippen molar-refractivity contribution in [1.82, 2.24) is 9.80 Å². The molecular formula is C44H33N8O6-. The van der Waals surface area contributed by atoms with Crippen molar-refractivity contribution in [2.75, 3.05) is 32.8 Å². The van der Waals surface area contributed by atoms with E-state index in [1.807, 2.05) is 24.3 Å². The molecule has 1 saturated heterocycles. The standard InChI is InChI=1S/C44H33N8O6/c1-4-58-44(57)52-23-21-51(22-24-52)41-31(7-5-9-35(25-45)39(37(27-47)49-2)29-11-17-33(18-12-29)42(53)54)15-16-32(41)8-6-10-36(26-46)40(38(28-48)50-3)30-13-19-34(20-14-30)43(55)56/h5-14,17-20H,4,15-16,21-24H2,1H3,(H,53,54)(H,55,56)/q-1. The number of hydrogen-bond donors (Lipinski definition) is 2. The van der Waals surface area contributed by atoms with Gasteiger partial charge < -0.3 is 24.7 Å². The number of hydrogen-bond acceptors (Lipinski definition) is 9. The highest BCUT2D eigenvalue weighted by Gasteiger charge is 2.28. The van der Waals surface area contributed by atoms with Gasteiger partial charge in [-0.2, -0.15) is 10.8 Å². The molecule has 0 radical (unpaired) electrons.